The number of fused-ring (bicyclic) bond motifs is 8. The average Bonchev–Trinajstić information content (AvgIpc) is 3.72. The van der Waals surface area contributed by atoms with Crippen molar-refractivity contribution in [1.82, 2.24) is 9.55 Å². The molecule has 232 valence electrons. The zero-order chi connectivity index (χ0) is 32.9. The van der Waals surface area contributed by atoms with Crippen LogP contribution in [-0.2, 0) is 0 Å². The maximum Gasteiger partial charge on any atom is 0.0715 e. The lowest BCUT2D eigenvalue weighted by molar-refractivity contribution is 1.19. The minimum absolute atomic E-state index is 0.952. The molecule has 0 N–H and O–H groups in total. The van der Waals surface area contributed by atoms with Crippen molar-refractivity contribution < 1.29 is 0 Å². The molecule has 3 aromatic heterocycles. The highest BCUT2D eigenvalue weighted by Gasteiger charge is 2.22. The van der Waals surface area contributed by atoms with Crippen LogP contribution >= 0.6 is 11.3 Å². The molecule has 3 heteroatoms. The molecule has 49 heavy (non-hydrogen) atoms. The number of allylic oxidation sites excluding steroid dienone is 1. The summed E-state index contributed by atoms with van der Waals surface area (Å²) in [6, 6.07) is 52.0. The summed E-state index contributed by atoms with van der Waals surface area (Å²) in [5.74, 6) is 0. The van der Waals surface area contributed by atoms with E-state index in [4.69, 9.17) is 4.98 Å². The predicted octanol–water partition coefficient (Wildman–Crippen LogP) is 13.2. The molecule has 0 radical (unpaired) electrons. The third-order valence-corrected chi connectivity index (χ3v) is 10.7. The highest BCUT2D eigenvalue weighted by Crippen LogP contribution is 2.47. The van der Waals surface area contributed by atoms with Crippen molar-refractivity contribution in [1.29, 1.82) is 0 Å². The third kappa shape index (κ3) is 4.74. The molecule has 0 saturated heterocycles. The predicted molar refractivity (Wildman–Crippen MR) is 213 cm³/mol. The van der Waals surface area contributed by atoms with Gasteiger partial charge >= 0.3 is 0 Å². The van der Waals surface area contributed by atoms with E-state index in [1.54, 1.807) is 0 Å². The van der Waals surface area contributed by atoms with Crippen molar-refractivity contribution >= 4 is 66.2 Å². The normalized spacial score (nSPS) is 11.8. The van der Waals surface area contributed by atoms with Gasteiger partial charge in [0.05, 0.1) is 22.4 Å². The van der Waals surface area contributed by atoms with E-state index in [-0.39, 0.29) is 0 Å². The van der Waals surface area contributed by atoms with Crippen LogP contribution in [0.4, 0.5) is 0 Å². The van der Waals surface area contributed by atoms with Crippen LogP contribution in [0.25, 0.3) is 94.1 Å². The lowest BCUT2D eigenvalue weighted by Gasteiger charge is -2.13. The SMILES string of the molecule is C=Cc1c(/C=C\C)sc2c1c1ccccc1c1c2c2ccccc2n1-c1ccc(-c2cc(-c3ccccc3)cc(-c3ccccc3)n2)cc1. The number of para-hydroxylation sites is 1. The Bertz CT molecular complexity index is 2650. The van der Waals surface area contributed by atoms with Crippen LogP contribution in [0.5, 0.6) is 0 Å². The zero-order valence-electron chi connectivity index (χ0n) is 27.1. The highest BCUT2D eigenvalue weighted by molar-refractivity contribution is 7.21. The first kappa shape index (κ1) is 29.1. The van der Waals surface area contributed by atoms with Crippen LogP contribution in [0, 0.1) is 0 Å². The van der Waals surface area contributed by atoms with Gasteiger partial charge in [0.2, 0.25) is 0 Å². The molecular weight excluding hydrogens is 613 g/mol. The minimum Gasteiger partial charge on any atom is -0.309 e. The Hall–Kier alpha value is -6.03. The van der Waals surface area contributed by atoms with E-state index in [9.17, 15) is 0 Å². The number of nitrogens with zero attached hydrogens (tertiary/aromatic N) is 2. The number of hydrogen-bond donors (Lipinski definition) is 0. The first-order valence-electron chi connectivity index (χ1n) is 16.6. The third-order valence-electron chi connectivity index (χ3n) is 9.47. The molecule has 0 bridgehead atoms. The molecule has 0 aliphatic heterocycles. The van der Waals surface area contributed by atoms with E-state index in [1.165, 1.54) is 58.7 Å². The molecule has 0 unspecified atom stereocenters. The van der Waals surface area contributed by atoms with Crippen LogP contribution < -0.4 is 0 Å². The van der Waals surface area contributed by atoms with Crippen molar-refractivity contribution in [2.45, 2.75) is 6.92 Å². The van der Waals surface area contributed by atoms with Crippen molar-refractivity contribution in [3.63, 3.8) is 0 Å². The zero-order valence-corrected chi connectivity index (χ0v) is 27.9. The molecule has 3 heterocycles. The Morgan fingerprint density at radius 1 is 0.592 bits per heavy atom. The Labute approximate surface area is 289 Å². The molecule has 0 aliphatic carbocycles. The molecule has 0 spiro atoms. The topological polar surface area (TPSA) is 17.8 Å². The summed E-state index contributed by atoms with van der Waals surface area (Å²) in [6.07, 6.45) is 6.35. The molecular formula is C46H32N2S. The summed E-state index contributed by atoms with van der Waals surface area (Å²) in [6.45, 7) is 6.32. The van der Waals surface area contributed by atoms with Crippen LogP contribution in [0.1, 0.15) is 17.4 Å². The van der Waals surface area contributed by atoms with E-state index in [2.05, 4.69) is 170 Å². The lowest BCUT2D eigenvalue weighted by Crippen LogP contribution is -1.96. The summed E-state index contributed by atoms with van der Waals surface area (Å²) in [5, 5.41) is 6.33. The number of thiophene rings is 1. The quantitative estimate of drug-likeness (QED) is 0.176. The summed E-state index contributed by atoms with van der Waals surface area (Å²) in [4.78, 5) is 6.42. The van der Waals surface area contributed by atoms with Crippen molar-refractivity contribution in [3.05, 3.63) is 169 Å². The lowest BCUT2D eigenvalue weighted by atomic mass is 9.98. The van der Waals surface area contributed by atoms with Gasteiger partial charge in [0.15, 0.2) is 0 Å². The van der Waals surface area contributed by atoms with Gasteiger partial charge in [-0.05, 0) is 59.8 Å². The molecule has 0 saturated carbocycles. The second-order valence-corrected chi connectivity index (χ2v) is 13.4. The second-order valence-electron chi connectivity index (χ2n) is 12.3. The van der Waals surface area contributed by atoms with Crippen molar-refractivity contribution in [2.75, 3.05) is 0 Å². The molecule has 9 aromatic rings. The van der Waals surface area contributed by atoms with Gasteiger partial charge in [0, 0.05) is 53.5 Å². The number of aromatic nitrogens is 2. The van der Waals surface area contributed by atoms with E-state index in [0.717, 1.165) is 33.8 Å². The molecule has 0 aliphatic rings. The monoisotopic (exact) mass is 644 g/mol. The number of rotatable bonds is 6. The Balaban J connectivity index is 1.28. The first-order valence-corrected chi connectivity index (χ1v) is 17.4. The van der Waals surface area contributed by atoms with Gasteiger partial charge in [-0.1, -0.05) is 134 Å². The first-order chi connectivity index (χ1) is 24.2. The van der Waals surface area contributed by atoms with Crippen LogP contribution in [-0.4, -0.2) is 9.55 Å². The van der Waals surface area contributed by atoms with Crippen LogP contribution in [0.15, 0.2) is 158 Å². The van der Waals surface area contributed by atoms with E-state index in [0.29, 0.717) is 0 Å². The van der Waals surface area contributed by atoms with Crippen LogP contribution in [0.3, 0.4) is 0 Å². The van der Waals surface area contributed by atoms with Gasteiger partial charge in [-0.2, -0.15) is 0 Å². The Morgan fingerprint density at radius 3 is 1.86 bits per heavy atom. The molecule has 0 atom stereocenters. The van der Waals surface area contributed by atoms with Gasteiger partial charge in [0.1, 0.15) is 0 Å². The summed E-state index contributed by atoms with van der Waals surface area (Å²) >= 11 is 1.86. The molecule has 0 fully saturated rings. The molecule has 0 amide bonds. The Kier molecular flexibility index (Phi) is 7.07. The Morgan fingerprint density at radius 2 is 1.18 bits per heavy atom. The van der Waals surface area contributed by atoms with E-state index >= 15 is 0 Å². The number of benzene rings is 6. The summed E-state index contributed by atoms with van der Waals surface area (Å²) in [7, 11) is 0. The van der Waals surface area contributed by atoms with Gasteiger partial charge in [-0.25, -0.2) is 4.98 Å². The molecule has 2 nitrogen and oxygen atoms in total. The molecule has 6 aromatic carbocycles. The largest absolute Gasteiger partial charge is 0.309 e. The molecule has 9 rings (SSSR count). The highest BCUT2D eigenvalue weighted by atomic mass is 32.1. The smallest absolute Gasteiger partial charge is 0.0715 e. The maximum atomic E-state index is 5.18. The second kappa shape index (κ2) is 11.9. The summed E-state index contributed by atoms with van der Waals surface area (Å²) < 4.78 is 3.75. The maximum absolute atomic E-state index is 5.18. The van der Waals surface area contributed by atoms with Gasteiger partial charge in [-0.15, -0.1) is 11.3 Å². The standard InChI is InChI=1S/C46H32N2S/c1-3-15-42-35(4-2)43-36-20-11-12-21-37(36)45-44(46(43)49-42)38-22-13-14-23-41(38)48(45)34-26-24-32(25-27-34)40-29-33(30-16-7-5-8-17-30)28-39(47-40)31-18-9-6-10-19-31/h3-29H,2H2,1H3/b15-3-. The minimum atomic E-state index is 0.952. The van der Waals surface area contributed by atoms with Crippen molar-refractivity contribution in [3.8, 4) is 39.3 Å². The van der Waals surface area contributed by atoms with Crippen molar-refractivity contribution in [2.24, 2.45) is 0 Å². The number of pyridine rings is 1. The van der Waals surface area contributed by atoms with Gasteiger partial charge < -0.3 is 4.57 Å². The fraction of sp³-hybridized carbons (Fsp3) is 0.0217. The van der Waals surface area contributed by atoms with E-state index in [1.807, 2.05) is 23.5 Å². The summed E-state index contributed by atoms with van der Waals surface area (Å²) in [5.41, 5.74) is 11.2. The fourth-order valence-corrected chi connectivity index (χ4v) is 8.65. The fourth-order valence-electron chi connectivity index (χ4n) is 7.30. The number of hydrogen-bond acceptors (Lipinski definition) is 2. The van der Waals surface area contributed by atoms with E-state index < -0.39 is 0 Å². The van der Waals surface area contributed by atoms with Gasteiger partial charge in [-0.3, -0.25) is 0 Å². The average molecular weight is 645 g/mol. The van der Waals surface area contributed by atoms with Crippen LogP contribution in [0.2, 0.25) is 0 Å². The van der Waals surface area contributed by atoms with Gasteiger partial charge in [0.25, 0.3) is 0 Å².